The topological polar surface area (TPSA) is 84.5 Å². The lowest BCUT2D eigenvalue weighted by molar-refractivity contribution is -0.139. The SMILES string of the molecule is O=C1C=C(Oc2cnc3[nH]ccc3c2)C(=O)N1CC1CCOCC1. The third-order valence-electron chi connectivity index (χ3n) is 4.36. The molecule has 1 saturated heterocycles. The minimum atomic E-state index is -0.388. The third-order valence-corrected chi connectivity index (χ3v) is 4.36. The fraction of sp³-hybridized carbons (Fsp3) is 0.353. The van der Waals surface area contributed by atoms with Crippen LogP contribution >= 0.6 is 0 Å². The Morgan fingerprint density at radius 1 is 1.33 bits per heavy atom. The van der Waals surface area contributed by atoms with Gasteiger partial charge >= 0.3 is 0 Å². The Bertz CT molecular complexity index is 820. The second-order valence-corrected chi connectivity index (χ2v) is 6.01. The summed E-state index contributed by atoms with van der Waals surface area (Å²) in [6.07, 6.45) is 6.28. The average molecular weight is 327 g/mol. The van der Waals surface area contributed by atoms with E-state index < -0.39 is 0 Å². The first-order valence-electron chi connectivity index (χ1n) is 7.97. The molecular formula is C17H17N3O4. The standard InChI is InChI=1S/C17H17N3O4/c21-15-8-14(17(22)20(15)10-11-2-5-23-6-3-11)24-13-7-12-1-4-18-16(12)19-9-13/h1,4,7-9,11H,2-3,5-6,10H2,(H,18,19). The molecule has 0 radical (unpaired) electrons. The zero-order valence-electron chi connectivity index (χ0n) is 13.0. The number of nitrogens with one attached hydrogen (secondary N) is 1. The number of hydrogen-bond donors (Lipinski definition) is 1. The monoisotopic (exact) mass is 327 g/mol. The first-order chi connectivity index (χ1) is 11.7. The van der Waals surface area contributed by atoms with Crippen LogP contribution in [0.15, 0.2) is 36.4 Å². The van der Waals surface area contributed by atoms with Gasteiger partial charge in [0.25, 0.3) is 11.8 Å². The molecule has 1 N–H and O–H groups in total. The van der Waals surface area contributed by atoms with Gasteiger partial charge < -0.3 is 14.5 Å². The summed E-state index contributed by atoms with van der Waals surface area (Å²) in [5, 5.41) is 0.879. The lowest BCUT2D eigenvalue weighted by Gasteiger charge is -2.25. The molecule has 1 fully saturated rings. The zero-order valence-corrected chi connectivity index (χ0v) is 13.0. The van der Waals surface area contributed by atoms with Crippen molar-refractivity contribution in [3.05, 3.63) is 36.4 Å². The van der Waals surface area contributed by atoms with E-state index in [9.17, 15) is 9.59 Å². The van der Waals surface area contributed by atoms with E-state index in [0.29, 0.717) is 25.5 Å². The van der Waals surface area contributed by atoms with Gasteiger partial charge in [0.2, 0.25) is 0 Å². The molecule has 0 bridgehead atoms. The fourth-order valence-electron chi connectivity index (χ4n) is 3.02. The highest BCUT2D eigenvalue weighted by Gasteiger charge is 2.34. The van der Waals surface area contributed by atoms with Crippen molar-refractivity contribution in [1.82, 2.24) is 14.9 Å². The molecule has 0 atom stereocenters. The largest absolute Gasteiger partial charge is 0.450 e. The lowest BCUT2D eigenvalue weighted by Crippen LogP contribution is -2.37. The summed E-state index contributed by atoms with van der Waals surface area (Å²) in [4.78, 5) is 33.0. The quantitative estimate of drug-likeness (QED) is 0.863. The Kier molecular flexibility index (Phi) is 3.78. The summed E-state index contributed by atoms with van der Waals surface area (Å²) >= 11 is 0. The highest BCUT2D eigenvalue weighted by atomic mass is 16.5. The number of carbonyl (C=O) groups is 2. The molecule has 24 heavy (non-hydrogen) atoms. The molecule has 4 rings (SSSR count). The molecular weight excluding hydrogens is 310 g/mol. The van der Waals surface area contributed by atoms with E-state index in [1.807, 2.05) is 6.07 Å². The van der Waals surface area contributed by atoms with Crippen molar-refractivity contribution in [3.63, 3.8) is 0 Å². The number of H-pyrrole nitrogens is 1. The number of imide groups is 1. The second-order valence-electron chi connectivity index (χ2n) is 6.01. The third kappa shape index (κ3) is 2.78. The number of carbonyl (C=O) groups excluding carboxylic acids is 2. The number of fused-ring (bicyclic) bond motifs is 1. The van der Waals surface area contributed by atoms with Crippen LogP contribution in [0.1, 0.15) is 12.8 Å². The van der Waals surface area contributed by atoms with E-state index in [1.165, 1.54) is 17.2 Å². The van der Waals surface area contributed by atoms with Gasteiger partial charge in [0.15, 0.2) is 5.76 Å². The van der Waals surface area contributed by atoms with E-state index in [1.54, 1.807) is 12.3 Å². The number of nitrogens with zero attached hydrogens (tertiary/aromatic N) is 2. The van der Waals surface area contributed by atoms with Gasteiger partial charge in [-0.3, -0.25) is 14.5 Å². The van der Waals surface area contributed by atoms with Crippen molar-refractivity contribution in [2.75, 3.05) is 19.8 Å². The maximum Gasteiger partial charge on any atom is 0.296 e. The van der Waals surface area contributed by atoms with Crippen molar-refractivity contribution >= 4 is 22.8 Å². The van der Waals surface area contributed by atoms with Crippen LogP contribution in [-0.4, -0.2) is 46.4 Å². The van der Waals surface area contributed by atoms with Crippen molar-refractivity contribution in [2.24, 2.45) is 5.92 Å². The van der Waals surface area contributed by atoms with Gasteiger partial charge in [0, 0.05) is 31.3 Å². The van der Waals surface area contributed by atoms with Crippen LogP contribution in [0.3, 0.4) is 0 Å². The van der Waals surface area contributed by atoms with Gasteiger partial charge in [-0.25, -0.2) is 4.98 Å². The Morgan fingerprint density at radius 2 is 2.17 bits per heavy atom. The molecule has 0 spiro atoms. The van der Waals surface area contributed by atoms with Crippen molar-refractivity contribution in [2.45, 2.75) is 12.8 Å². The summed E-state index contributed by atoms with van der Waals surface area (Å²) in [5.41, 5.74) is 0.742. The minimum absolute atomic E-state index is 0.0451. The fourth-order valence-corrected chi connectivity index (χ4v) is 3.02. The lowest BCUT2D eigenvalue weighted by atomic mass is 10.00. The first kappa shape index (κ1) is 14.9. The van der Waals surface area contributed by atoms with Crippen LogP contribution < -0.4 is 4.74 Å². The Balaban J connectivity index is 1.46. The van der Waals surface area contributed by atoms with Gasteiger partial charge in [-0.2, -0.15) is 0 Å². The zero-order chi connectivity index (χ0) is 16.5. The molecule has 7 heteroatoms. The molecule has 2 aliphatic heterocycles. The summed E-state index contributed by atoms with van der Waals surface area (Å²) in [5.74, 6) is 0.0567. The van der Waals surface area contributed by atoms with Gasteiger partial charge in [0.05, 0.1) is 12.3 Å². The van der Waals surface area contributed by atoms with Crippen molar-refractivity contribution in [1.29, 1.82) is 0 Å². The molecule has 4 heterocycles. The number of aromatic amines is 1. The predicted octanol–water partition coefficient (Wildman–Crippen LogP) is 1.62. The number of amides is 2. The number of rotatable bonds is 4. The molecule has 7 nitrogen and oxygen atoms in total. The smallest absolute Gasteiger partial charge is 0.296 e. The molecule has 0 aromatic carbocycles. The highest BCUT2D eigenvalue weighted by molar-refractivity contribution is 6.15. The average Bonchev–Trinajstić information content (AvgIpc) is 3.16. The van der Waals surface area contributed by atoms with Crippen LogP contribution in [0.2, 0.25) is 0 Å². The summed E-state index contributed by atoms with van der Waals surface area (Å²) in [7, 11) is 0. The molecule has 2 aliphatic rings. The van der Waals surface area contributed by atoms with E-state index in [2.05, 4.69) is 9.97 Å². The van der Waals surface area contributed by atoms with Crippen LogP contribution in [0.4, 0.5) is 0 Å². The van der Waals surface area contributed by atoms with Gasteiger partial charge in [0.1, 0.15) is 11.4 Å². The summed E-state index contributed by atoms with van der Waals surface area (Å²) in [6.45, 7) is 1.78. The number of ether oxygens (including phenoxy) is 2. The highest BCUT2D eigenvalue weighted by Crippen LogP contribution is 2.24. The van der Waals surface area contributed by atoms with E-state index >= 15 is 0 Å². The molecule has 2 amide bonds. The summed E-state index contributed by atoms with van der Waals surface area (Å²) in [6, 6.07) is 3.64. The number of pyridine rings is 1. The van der Waals surface area contributed by atoms with E-state index in [0.717, 1.165) is 23.9 Å². The van der Waals surface area contributed by atoms with Crippen molar-refractivity contribution in [3.8, 4) is 5.75 Å². The Morgan fingerprint density at radius 3 is 3.00 bits per heavy atom. The van der Waals surface area contributed by atoms with Gasteiger partial charge in [-0.15, -0.1) is 0 Å². The Hall–Kier alpha value is -2.67. The van der Waals surface area contributed by atoms with Crippen molar-refractivity contribution < 1.29 is 19.1 Å². The molecule has 0 saturated carbocycles. The molecule has 2 aromatic rings. The molecule has 2 aromatic heterocycles. The van der Waals surface area contributed by atoms with E-state index in [-0.39, 0.29) is 23.5 Å². The summed E-state index contributed by atoms with van der Waals surface area (Å²) < 4.78 is 10.9. The number of aromatic nitrogens is 2. The maximum absolute atomic E-state index is 12.5. The molecule has 124 valence electrons. The second kappa shape index (κ2) is 6.09. The Labute approximate surface area is 138 Å². The minimum Gasteiger partial charge on any atom is -0.450 e. The van der Waals surface area contributed by atoms with E-state index in [4.69, 9.17) is 9.47 Å². The number of hydrogen-bond acceptors (Lipinski definition) is 5. The normalized spacial score (nSPS) is 19.2. The van der Waals surface area contributed by atoms with Crippen LogP contribution in [-0.2, 0) is 14.3 Å². The molecule has 0 unspecified atom stereocenters. The van der Waals surface area contributed by atoms with Gasteiger partial charge in [-0.05, 0) is 30.9 Å². The predicted molar refractivity (Wildman–Crippen MR) is 85.1 cm³/mol. The van der Waals surface area contributed by atoms with Crippen LogP contribution in [0.5, 0.6) is 5.75 Å². The maximum atomic E-state index is 12.5. The van der Waals surface area contributed by atoms with Crippen LogP contribution in [0, 0.1) is 5.92 Å². The van der Waals surface area contributed by atoms with Crippen LogP contribution in [0.25, 0.3) is 11.0 Å². The van der Waals surface area contributed by atoms with Gasteiger partial charge in [-0.1, -0.05) is 0 Å². The first-order valence-corrected chi connectivity index (χ1v) is 7.97. The molecule has 0 aliphatic carbocycles.